The number of hydrogen-bond donors (Lipinski definition) is 2. The van der Waals surface area contributed by atoms with Gasteiger partial charge in [-0.2, -0.15) is 10.3 Å². The minimum atomic E-state index is -0.777. The zero-order valence-corrected chi connectivity index (χ0v) is 7.73. The second-order valence-corrected chi connectivity index (χ2v) is 3.33. The third-order valence-electron chi connectivity index (χ3n) is 2.34. The summed E-state index contributed by atoms with van der Waals surface area (Å²) < 4.78 is 0. The fourth-order valence-electron chi connectivity index (χ4n) is 1.66. The Balaban J connectivity index is 2.05. The molecule has 1 aliphatic rings. The molecule has 1 aliphatic heterocycles. The van der Waals surface area contributed by atoms with Gasteiger partial charge in [-0.25, -0.2) is 0 Å². The molecule has 0 saturated heterocycles. The van der Waals surface area contributed by atoms with Crippen LogP contribution in [0.4, 0.5) is 5.82 Å². The first kappa shape index (κ1) is 8.98. The summed E-state index contributed by atoms with van der Waals surface area (Å²) in [4.78, 5) is 12.4. The van der Waals surface area contributed by atoms with Gasteiger partial charge in [-0.05, 0) is 12.8 Å². The summed E-state index contributed by atoms with van der Waals surface area (Å²) in [5, 5.41) is 19.2. The first-order chi connectivity index (χ1) is 6.77. The smallest absolute Gasteiger partial charge is 0.305 e. The van der Waals surface area contributed by atoms with Gasteiger partial charge in [0, 0.05) is 13.1 Å². The minimum absolute atomic E-state index is 0.145. The highest BCUT2D eigenvalue weighted by molar-refractivity contribution is 5.67. The zero-order valence-electron chi connectivity index (χ0n) is 7.73. The van der Waals surface area contributed by atoms with Crippen LogP contribution in [-0.2, 0) is 11.2 Å². The highest BCUT2D eigenvalue weighted by Gasteiger charge is 2.20. The van der Waals surface area contributed by atoms with Gasteiger partial charge in [-0.15, -0.1) is 5.10 Å². The molecular formula is C8H12N4O2. The van der Waals surface area contributed by atoms with Gasteiger partial charge in [0.1, 0.15) is 5.69 Å². The van der Waals surface area contributed by atoms with Crippen molar-refractivity contribution in [2.75, 3.05) is 18.0 Å². The number of aryl methyl sites for hydroxylation is 1. The molecule has 0 fully saturated rings. The molecule has 0 amide bonds. The topological polar surface area (TPSA) is 82.1 Å². The van der Waals surface area contributed by atoms with E-state index < -0.39 is 5.97 Å². The second-order valence-electron chi connectivity index (χ2n) is 3.33. The van der Waals surface area contributed by atoms with Crippen LogP contribution in [0, 0.1) is 0 Å². The van der Waals surface area contributed by atoms with E-state index in [4.69, 9.17) is 5.11 Å². The molecule has 2 N–H and O–H groups in total. The van der Waals surface area contributed by atoms with Crippen molar-refractivity contribution in [1.29, 1.82) is 0 Å². The first-order valence-electron chi connectivity index (χ1n) is 4.64. The van der Waals surface area contributed by atoms with Crippen LogP contribution in [0.1, 0.15) is 18.5 Å². The van der Waals surface area contributed by atoms with Crippen molar-refractivity contribution in [3.63, 3.8) is 0 Å². The quantitative estimate of drug-likeness (QED) is 0.712. The van der Waals surface area contributed by atoms with E-state index >= 15 is 0 Å². The summed E-state index contributed by atoms with van der Waals surface area (Å²) in [5.74, 6) is 0.0399. The Kier molecular flexibility index (Phi) is 2.34. The van der Waals surface area contributed by atoms with Gasteiger partial charge in [0.05, 0.1) is 6.42 Å². The van der Waals surface area contributed by atoms with E-state index in [0.29, 0.717) is 6.54 Å². The molecule has 0 bridgehead atoms. The van der Waals surface area contributed by atoms with Gasteiger partial charge in [0.2, 0.25) is 0 Å². The Labute approximate surface area is 80.9 Å². The highest BCUT2D eigenvalue weighted by atomic mass is 16.4. The SMILES string of the molecule is O=C(O)CCN1CCCc2n[nH]nc21. The third-order valence-corrected chi connectivity index (χ3v) is 2.34. The molecule has 0 atom stereocenters. The Morgan fingerprint density at radius 1 is 1.57 bits per heavy atom. The Bertz CT molecular complexity index is 336. The van der Waals surface area contributed by atoms with Gasteiger partial charge in [0.15, 0.2) is 5.82 Å². The molecule has 2 rings (SSSR count). The molecule has 0 unspecified atom stereocenters. The number of hydrogen-bond acceptors (Lipinski definition) is 4. The molecular weight excluding hydrogens is 184 g/mol. The lowest BCUT2D eigenvalue weighted by Gasteiger charge is -2.25. The number of aromatic amines is 1. The predicted octanol–water partition coefficient (Wildman–Crippen LogP) is 0.0320. The number of aromatic nitrogens is 3. The van der Waals surface area contributed by atoms with E-state index in [1.165, 1.54) is 0 Å². The van der Waals surface area contributed by atoms with Gasteiger partial charge >= 0.3 is 5.97 Å². The molecule has 6 nitrogen and oxygen atoms in total. The number of carboxylic acid groups (broad SMARTS) is 1. The van der Waals surface area contributed by atoms with E-state index in [-0.39, 0.29) is 6.42 Å². The molecule has 0 saturated carbocycles. The van der Waals surface area contributed by atoms with Crippen molar-refractivity contribution >= 4 is 11.8 Å². The predicted molar refractivity (Wildman–Crippen MR) is 49.2 cm³/mol. The lowest BCUT2D eigenvalue weighted by Crippen LogP contribution is -2.31. The summed E-state index contributed by atoms with van der Waals surface area (Å²) in [6.45, 7) is 1.38. The molecule has 0 radical (unpaired) electrons. The van der Waals surface area contributed by atoms with E-state index in [1.807, 2.05) is 4.90 Å². The maximum absolute atomic E-state index is 10.4. The van der Waals surface area contributed by atoms with Crippen molar-refractivity contribution in [2.45, 2.75) is 19.3 Å². The summed E-state index contributed by atoms with van der Waals surface area (Å²) in [6.07, 6.45) is 2.08. The van der Waals surface area contributed by atoms with Gasteiger partial charge in [-0.1, -0.05) is 0 Å². The van der Waals surface area contributed by atoms with Crippen molar-refractivity contribution in [3.8, 4) is 0 Å². The molecule has 2 heterocycles. The monoisotopic (exact) mass is 196 g/mol. The van der Waals surface area contributed by atoms with Crippen LogP contribution in [-0.4, -0.2) is 39.6 Å². The third kappa shape index (κ3) is 1.68. The van der Waals surface area contributed by atoms with Crippen LogP contribution in [0.15, 0.2) is 0 Å². The normalized spacial score (nSPS) is 15.3. The van der Waals surface area contributed by atoms with Gasteiger partial charge < -0.3 is 10.0 Å². The van der Waals surface area contributed by atoms with Gasteiger partial charge in [-0.3, -0.25) is 4.79 Å². The standard InChI is InChI=1S/C8H12N4O2/c13-7(14)3-5-12-4-1-2-6-8(12)10-11-9-6/h1-5H2,(H,13,14)(H,9,10,11). The Morgan fingerprint density at radius 2 is 2.43 bits per heavy atom. The van der Waals surface area contributed by atoms with Crippen LogP contribution in [0.5, 0.6) is 0 Å². The number of nitrogens with one attached hydrogen (secondary N) is 1. The van der Waals surface area contributed by atoms with Crippen molar-refractivity contribution in [1.82, 2.24) is 15.4 Å². The first-order valence-corrected chi connectivity index (χ1v) is 4.64. The van der Waals surface area contributed by atoms with Crippen LogP contribution in [0.2, 0.25) is 0 Å². The average Bonchev–Trinajstić information content (AvgIpc) is 2.62. The number of H-pyrrole nitrogens is 1. The number of carbonyl (C=O) groups is 1. The van der Waals surface area contributed by atoms with Crippen molar-refractivity contribution in [2.24, 2.45) is 0 Å². The van der Waals surface area contributed by atoms with E-state index in [1.54, 1.807) is 0 Å². The number of aliphatic carboxylic acids is 1. The van der Waals surface area contributed by atoms with Crippen molar-refractivity contribution in [3.05, 3.63) is 5.69 Å². The van der Waals surface area contributed by atoms with E-state index in [9.17, 15) is 4.79 Å². The lowest BCUT2D eigenvalue weighted by atomic mass is 10.1. The maximum atomic E-state index is 10.4. The molecule has 6 heteroatoms. The fourth-order valence-corrected chi connectivity index (χ4v) is 1.66. The maximum Gasteiger partial charge on any atom is 0.305 e. The molecule has 1 aromatic rings. The number of rotatable bonds is 3. The fraction of sp³-hybridized carbons (Fsp3) is 0.625. The highest BCUT2D eigenvalue weighted by Crippen LogP contribution is 2.21. The van der Waals surface area contributed by atoms with Crippen LogP contribution < -0.4 is 4.90 Å². The molecule has 1 aromatic heterocycles. The van der Waals surface area contributed by atoms with Crippen LogP contribution in [0.3, 0.4) is 0 Å². The molecule has 76 valence electrons. The Hall–Kier alpha value is -1.59. The van der Waals surface area contributed by atoms with Crippen molar-refractivity contribution < 1.29 is 9.90 Å². The molecule has 0 aliphatic carbocycles. The number of fused-ring (bicyclic) bond motifs is 1. The van der Waals surface area contributed by atoms with E-state index in [0.717, 1.165) is 30.9 Å². The summed E-state index contributed by atoms with van der Waals surface area (Å²) in [7, 11) is 0. The summed E-state index contributed by atoms with van der Waals surface area (Å²) >= 11 is 0. The number of carboxylic acids is 1. The van der Waals surface area contributed by atoms with Crippen LogP contribution in [0.25, 0.3) is 0 Å². The summed E-state index contributed by atoms with van der Waals surface area (Å²) in [5.41, 5.74) is 0.946. The average molecular weight is 196 g/mol. The number of nitrogens with zero attached hydrogens (tertiary/aromatic N) is 3. The minimum Gasteiger partial charge on any atom is -0.481 e. The van der Waals surface area contributed by atoms with Crippen LogP contribution >= 0.6 is 0 Å². The lowest BCUT2D eigenvalue weighted by molar-refractivity contribution is -0.136. The number of anilines is 1. The molecule has 14 heavy (non-hydrogen) atoms. The second kappa shape index (κ2) is 3.65. The molecule has 0 aromatic carbocycles. The largest absolute Gasteiger partial charge is 0.481 e. The molecule has 0 spiro atoms. The Morgan fingerprint density at radius 3 is 3.21 bits per heavy atom. The van der Waals surface area contributed by atoms with E-state index in [2.05, 4.69) is 15.4 Å². The zero-order chi connectivity index (χ0) is 9.97. The summed E-state index contributed by atoms with van der Waals surface area (Å²) in [6, 6.07) is 0. The van der Waals surface area contributed by atoms with Gasteiger partial charge in [0.25, 0.3) is 0 Å².